The zero-order valence-corrected chi connectivity index (χ0v) is 10.2. The summed E-state index contributed by atoms with van der Waals surface area (Å²) < 4.78 is 0. The number of hydrogen-bond acceptors (Lipinski definition) is 3. The van der Waals surface area contributed by atoms with Crippen LogP contribution in [0.15, 0.2) is 12.1 Å². The summed E-state index contributed by atoms with van der Waals surface area (Å²) in [6.07, 6.45) is 2.92. The van der Waals surface area contributed by atoms with Gasteiger partial charge in [0.2, 0.25) is 0 Å². The van der Waals surface area contributed by atoms with E-state index in [1.807, 2.05) is 0 Å². The number of pyridine rings is 1. The van der Waals surface area contributed by atoms with Crippen molar-refractivity contribution in [2.24, 2.45) is 5.92 Å². The van der Waals surface area contributed by atoms with E-state index in [-0.39, 0.29) is 0 Å². The number of aryl methyl sites for hydroxylation is 1. The number of anilines is 1. The van der Waals surface area contributed by atoms with Crippen LogP contribution in [-0.2, 0) is 6.42 Å². The molecule has 92 valence electrons. The number of nitrogens with one attached hydrogen (secondary N) is 1. The van der Waals surface area contributed by atoms with E-state index in [0.29, 0.717) is 23.3 Å². The average Bonchev–Trinajstić information content (AvgIpc) is 2.94. The van der Waals surface area contributed by atoms with E-state index < -0.39 is 5.97 Å². The molecule has 1 aliphatic rings. The van der Waals surface area contributed by atoms with Crippen LogP contribution < -0.4 is 5.32 Å². The molecule has 1 aliphatic carbocycles. The summed E-state index contributed by atoms with van der Waals surface area (Å²) >= 11 is 0. The maximum Gasteiger partial charge on any atom is 0.335 e. The molecule has 1 aromatic rings. The fourth-order valence-electron chi connectivity index (χ4n) is 1.88. The Morgan fingerprint density at radius 1 is 1.59 bits per heavy atom. The fourth-order valence-corrected chi connectivity index (χ4v) is 1.88. The zero-order valence-electron chi connectivity index (χ0n) is 10.2. The smallest absolute Gasteiger partial charge is 0.335 e. The molecule has 4 nitrogen and oxygen atoms in total. The van der Waals surface area contributed by atoms with Crippen molar-refractivity contribution in [2.75, 3.05) is 5.32 Å². The minimum Gasteiger partial charge on any atom is -0.478 e. The third kappa shape index (κ3) is 2.96. The topological polar surface area (TPSA) is 62.2 Å². The van der Waals surface area contributed by atoms with Gasteiger partial charge in [0.1, 0.15) is 5.82 Å². The maximum absolute atomic E-state index is 11.0. The summed E-state index contributed by atoms with van der Waals surface area (Å²) in [6.45, 7) is 4.23. The van der Waals surface area contributed by atoms with Crippen molar-refractivity contribution in [3.05, 3.63) is 23.4 Å². The fraction of sp³-hybridized carbons (Fsp3) is 0.538. The van der Waals surface area contributed by atoms with Crippen molar-refractivity contribution in [3.8, 4) is 0 Å². The Balaban J connectivity index is 2.20. The molecule has 0 saturated heterocycles. The third-order valence-corrected chi connectivity index (χ3v) is 3.07. The lowest BCUT2D eigenvalue weighted by Crippen LogP contribution is -2.09. The van der Waals surface area contributed by atoms with Gasteiger partial charge in [0.15, 0.2) is 0 Å². The Kier molecular flexibility index (Phi) is 3.31. The molecule has 0 aromatic carbocycles. The van der Waals surface area contributed by atoms with Crippen LogP contribution in [0.5, 0.6) is 0 Å². The second-order valence-electron chi connectivity index (χ2n) is 4.75. The number of carbonyl (C=O) groups is 1. The molecule has 1 fully saturated rings. The first-order valence-corrected chi connectivity index (χ1v) is 6.11. The van der Waals surface area contributed by atoms with Gasteiger partial charge < -0.3 is 10.4 Å². The summed E-state index contributed by atoms with van der Waals surface area (Å²) in [5, 5.41) is 12.3. The summed E-state index contributed by atoms with van der Waals surface area (Å²) in [4.78, 5) is 15.5. The molecular formula is C13H18N2O2. The van der Waals surface area contributed by atoms with Gasteiger partial charge in [0.25, 0.3) is 0 Å². The Morgan fingerprint density at radius 2 is 2.29 bits per heavy atom. The van der Waals surface area contributed by atoms with E-state index >= 15 is 0 Å². The highest BCUT2D eigenvalue weighted by Crippen LogP contribution is 2.32. The number of carboxylic acids is 1. The number of aromatic nitrogens is 1. The Bertz CT molecular complexity index is 431. The monoisotopic (exact) mass is 234 g/mol. The Hall–Kier alpha value is -1.58. The molecule has 1 saturated carbocycles. The van der Waals surface area contributed by atoms with Gasteiger partial charge in [-0.15, -0.1) is 0 Å². The van der Waals surface area contributed by atoms with E-state index in [1.54, 1.807) is 12.1 Å². The van der Waals surface area contributed by atoms with Gasteiger partial charge >= 0.3 is 5.97 Å². The lowest BCUT2D eigenvalue weighted by atomic mass is 10.1. The standard InChI is InChI=1S/C13H18N2O2/c1-3-4-10-6-9(13(16)17)7-12(14-10)15-11-5-8(11)2/h6-8,11H,3-5H2,1-2H3,(H,14,15)(H,16,17). The van der Waals surface area contributed by atoms with E-state index in [4.69, 9.17) is 5.11 Å². The van der Waals surface area contributed by atoms with Crippen molar-refractivity contribution >= 4 is 11.8 Å². The first-order chi connectivity index (χ1) is 8.10. The summed E-state index contributed by atoms with van der Waals surface area (Å²) in [7, 11) is 0. The number of carboxylic acid groups (broad SMARTS) is 1. The maximum atomic E-state index is 11.0. The van der Waals surface area contributed by atoms with Gasteiger partial charge in [-0.2, -0.15) is 0 Å². The molecule has 0 amide bonds. The Morgan fingerprint density at radius 3 is 2.82 bits per heavy atom. The van der Waals surface area contributed by atoms with Gasteiger partial charge in [-0.3, -0.25) is 0 Å². The van der Waals surface area contributed by atoms with Crippen molar-refractivity contribution < 1.29 is 9.90 Å². The predicted molar refractivity (Wildman–Crippen MR) is 66.4 cm³/mol. The summed E-state index contributed by atoms with van der Waals surface area (Å²) in [6, 6.07) is 3.74. The minimum atomic E-state index is -0.892. The number of nitrogens with zero attached hydrogens (tertiary/aromatic N) is 1. The molecule has 2 N–H and O–H groups in total. The molecule has 2 unspecified atom stereocenters. The Labute approximate surface area is 101 Å². The van der Waals surface area contributed by atoms with E-state index in [1.165, 1.54) is 0 Å². The molecular weight excluding hydrogens is 216 g/mol. The molecule has 0 bridgehead atoms. The third-order valence-electron chi connectivity index (χ3n) is 3.07. The first-order valence-electron chi connectivity index (χ1n) is 6.11. The van der Waals surface area contributed by atoms with E-state index in [2.05, 4.69) is 24.1 Å². The largest absolute Gasteiger partial charge is 0.478 e. The molecule has 2 atom stereocenters. The molecule has 0 radical (unpaired) electrons. The lowest BCUT2D eigenvalue weighted by molar-refractivity contribution is 0.0696. The van der Waals surface area contributed by atoms with E-state index in [9.17, 15) is 4.79 Å². The van der Waals surface area contributed by atoms with Gasteiger partial charge in [0, 0.05) is 11.7 Å². The van der Waals surface area contributed by atoms with Crippen LogP contribution in [0, 0.1) is 5.92 Å². The second kappa shape index (κ2) is 4.73. The zero-order chi connectivity index (χ0) is 12.4. The highest BCUT2D eigenvalue weighted by molar-refractivity contribution is 5.88. The second-order valence-corrected chi connectivity index (χ2v) is 4.75. The highest BCUT2D eigenvalue weighted by Gasteiger charge is 2.32. The van der Waals surface area contributed by atoms with Crippen molar-refractivity contribution in [1.82, 2.24) is 4.98 Å². The summed E-state index contributed by atoms with van der Waals surface area (Å²) in [5.74, 6) is 0.472. The summed E-state index contributed by atoms with van der Waals surface area (Å²) in [5.41, 5.74) is 1.17. The molecule has 0 aliphatic heterocycles. The normalized spacial score (nSPS) is 22.2. The van der Waals surface area contributed by atoms with Crippen LogP contribution in [0.1, 0.15) is 42.7 Å². The SMILES string of the molecule is CCCc1cc(C(=O)O)cc(NC2CC2C)n1. The first kappa shape index (κ1) is 11.9. The van der Waals surface area contributed by atoms with Gasteiger partial charge in [-0.25, -0.2) is 9.78 Å². The highest BCUT2D eigenvalue weighted by atomic mass is 16.4. The lowest BCUT2D eigenvalue weighted by Gasteiger charge is -2.08. The predicted octanol–water partition coefficient (Wildman–Crippen LogP) is 2.55. The van der Waals surface area contributed by atoms with Crippen molar-refractivity contribution in [2.45, 2.75) is 39.2 Å². The molecule has 4 heteroatoms. The minimum absolute atomic E-state index is 0.319. The quantitative estimate of drug-likeness (QED) is 0.822. The van der Waals surface area contributed by atoms with Crippen LogP contribution in [-0.4, -0.2) is 22.1 Å². The molecule has 2 rings (SSSR count). The van der Waals surface area contributed by atoms with E-state index in [0.717, 1.165) is 25.0 Å². The number of hydrogen-bond donors (Lipinski definition) is 2. The average molecular weight is 234 g/mol. The van der Waals surface area contributed by atoms with Crippen LogP contribution in [0.4, 0.5) is 5.82 Å². The van der Waals surface area contributed by atoms with Gasteiger partial charge in [-0.1, -0.05) is 20.3 Å². The molecule has 17 heavy (non-hydrogen) atoms. The van der Waals surface area contributed by atoms with Crippen molar-refractivity contribution in [3.63, 3.8) is 0 Å². The molecule has 1 aromatic heterocycles. The van der Waals surface area contributed by atoms with Crippen LogP contribution in [0.25, 0.3) is 0 Å². The van der Waals surface area contributed by atoms with Crippen LogP contribution in [0.3, 0.4) is 0 Å². The van der Waals surface area contributed by atoms with Crippen LogP contribution in [0.2, 0.25) is 0 Å². The molecule has 1 heterocycles. The van der Waals surface area contributed by atoms with Crippen LogP contribution >= 0.6 is 0 Å². The van der Waals surface area contributed by atoms with Crippen molar-refractivity contribution in [1.29, 1.82) is 0 Å². The van der Waals surface area contributed by atoms with Gasteiger partial charge in [-0.05, 0) is 30.9 Å². The number of rotatable bonds is 5. The molecule has 0 spiro atoms. The van der Waals surface area contributed by atoms with Gasteiger partial charge in [0.05, 0.1) is 5.56 Å². The number of aromatic carboxylic acids is 1.